The molecule has 1 aromatic carbocycles. The lowest BCUT2D eigenvalue weighted by molar-refractivity contribution is -0.0328. The number of alkyl halides is 3. The van der Waals surface area contributed by atoms with Crippen LogP contribution in [0, 0.1) is 11.3 Å². The SMILES string of the molecule is N#Cc1cc(SC(F)(F)F)cc(CN)c1S(=O)(=O)Cl. The molecule has 0 bridgehead atoms. The van der Waals surface area contributed by atoms with Gasteiger partial charge in [0.05, 0.1) is 5.56 Å². The molecule has 1 aromatic rings. The van der Waals surface area contributed by atoms with Gasteiger partial charge in [-0.15, -0.1) is 0 Å². The first kappa shape index (κ1) is 16.1. The molecule has 0 spiro atoms. The molecule has 104 valence electrons. The van der Waals surface area contributed by atoms with Gasteiger partial charge in [-0.05, 0) is 29.5 Å². The summed E-state index contributed by atoms with van der Waals surface area (Å²) in [5.41, 5.74) is 0.119. The average Bonchev–Trinajstić information content (AvgIpc) is 2.23. The Kier molecular flexibility index (Phi) is 4.73. The first-order valence-electron chi connectivity index (χ1n) is 4.56. The lowest BCUT2D eigenvalue weighted by Crippen LogP contribution is -2.08. The van der Waals surface area contributed by atoms with Crippen LogP contribution >= 0.6 is 22.4 Å². The molecule has 0 aliphatic heterocycles. The monoisotopic (exact) mass is 330 g/mol. The third-order valence-corrected chi connectivity index (χ3v) is 4.09. The van der Waals surface area contributed by atoms with Crippen molar-refractivity contribution in [3.05, 3.63) is 23.3 Å². The Hall–Kier alpha value is -0.950. The van der Waals surface area contributed by atoms with Crippen molar-refractivity contribution in [2.75, 3.05) is 0 Å². The molecule has 0 fully saturated rings. The zero-order valence-electron chi connectivity index (χ0n) is 9.03. The largest absolute Gasteiger partial charge is 0.446 e. The summed E-state index contributed by atoms with van der Waals surface area (Å²) in [5.74, 6) is 0. The van der Waals surface area contributed by atoms with E-state index in [1.165, 1.54) is 6.07 Å². The molecule has 0 saturated carbocycles. The zero-order chi connectivity index (χ0) is 14.8. The molecule has 0 radical (unpaired) electrons. The molecular formula is C9H6ClF3N2O2S2. The smallest absolute Gasteiger partial charge is 0.326 e. The van der Waals surface area contributed by atoms with E-state index >= 15 is 0 Å². The second-order valence-electron chi connectivity index (χ2n) is 3.26. The summed E-state index contributed by atoms with van der Waals surface area (Å²) in [5, 5.41) is 8.82. The van der Waals surface area contributed by atoms with E-state index in [4.69, 9.17) is 21.7 Å². The van der Waals surface area contributed by atoms with Crippen molar-refractivity contribution >= 4 is 31.5 Å². The van der Waals surface area contributed by atoms with E-state index in [0.29, 0.717) is 0 Å². The lowest BCUT2D eigenvalue weighted by Gasteiger charge is -2.11. The molecule has 2 N–H and O–H groups in total. The minimum atomic E-state index is -4.56. The normalized spacial score (nSPS) is 12.2. The molecule has 0 aliphatic carbocycles. The summed E-state index contributed by atoms with van der Waals surface area (Å²) in [6.45, 7) is -0.359. The van der Waals surface area contributed by atoms with Crippen molar-refractivity contribution in [1.82, 2.24) is 0 Å². The number of nitriles is 1. The van der Waals surface area contributed by atoms with Crippen LogP contribution in [-0.4, -0.2) is 13.9 Å². The maximum atomic E-state index is 12.3. The van der Waals surface area contributed by atoms with Gasteiger partial charge in [-0.3, -0.25) is 0 Å². The standard InChI is InChI=1S/C9H6ClF3N2O2S2/c10-19(16,17)8-5(3-14)1-7(2-6(8)4-15)18-9(11,12)13/h1-2H,3,14H2. The van der Waals surface area contributed by atoms with Crippen LogP contribution in [0.4, 0.5) is 13.2 Å². The molecule has 1 rings (SSSR count). The highest BCUT2D eigenvalue weighted by molar-refractivity contribution is 8.13. The number of hydrogen-bond acceptors (Lipinski definition) is 5. The van der Waals surface area contributed by atoms with E-state index in [1.54, 1.807) is 0 Å². The summed E-state index contributed by atoms with van der Waals surface area (Å²) in [4.78, 5) is -0.876. The van der Waals surface area contributed by atoms with Crippen LogP contribution in [0.2, 0.25) is 0 Å². The first-order chi connectivity index (χ1) is 8.58. The molecule has 0 amide bonds. The highest BCUT2D eigenvalue weighted by Crippen LogP contribution is 2.39. The van der Waals surface area contributed by atoms with Gasteiger partial charge < -0.3 is 5.73 Å². The van der Waals surface area contributed by atoms with Crippen LogP contribution in [0.15, 0.2) is 21.9 Å². The van der Waals surface area contributed by atoms with Crippen LogP contribution in [-0.2, 0) is 15.6 Å². The Morgan fingerprint density at radius 1 is 1.42 bits per heavy atom. The predicted molar refractivity (Wildman–Crippen MR) is 64.0 cm³/mol. The molecule has 0 unspecified atom stereocenters. The van der Waals surface area contributed by atoms with E-state index in [2.05, 4.69) is 0 Å². The van der Waals surface area contributed by atoms with Gasteiger partial charge >= 0.3 is 5.51 Å². The number of halogens is 4. The van der Waals surface area contributed by atoms with Gasteiger partial charge in [-0.1, -0.05) is 0 Å². The van der Waals surface area contributed by atoms with Gasteiger partial charge in [0.25, 0.3) is 9.05 Å². The maximum absolute atomic E-state index is 12.3. The molecule has 0 atom stereocenters. The fourth-order valence-electron chi connectivity index (χ4n) is 1.37. The summed E-state index contributed by atoms with van der Waals surface area (Å²) >= 11 is -0.465. The van der Waals surface area contributed by atoms with Gasteiger partial charge in [0.2, 0.25) is 0 Å². The van der Waals surface area contributed by atoms with E-state index in [9.17, 15) is 21.6 Å². The fraction of sp³-hybridized carbons (Fsp3) is 0.222. The molecule has 4 nitrogen and oxygen atoms in total. The molecule has 10 heteroatoms. The van der Waals surface area contributed by atoms with Crippen molar-refractivity contribution in [3.8, 4) is 6.07 Å². The fourth-order valence-corrected chi connectivity index (χ4v) is 3.39. The Bertz CT molecular complexity index is 638. The Morgan fingerprint density at radius 3 is 2.37 bits per heavy atom. The number of thioether (sulfide) groups is 1. The minimum absolute atomic E-state index is 0.138. The third-order valence-electron chi connectivity index (χ3n) is 1.96. The summed E-state index contributed by atoms with van der Waals surface area (Å²) in [6, 6.07) is 3.27. The number of nitrogens with zero attached hydrogens (tertiary/aromatic N) is 1. The average molecular weight is 331 g/mol. The van der Waals surface area contributed by atoms with Gasteiger partial charge in [0.15, 0.2) is 0 Å². The van der Waals surface area contributed by atoms with Gasteiger partial charge in [0.1, 0.15) is 11.0 Å². The minimum Gasteiger partial charge on any atom is -0.326 e. The molecule has 0 heterocycles. The Morgan fingerprint density at radius 2 is 2.00 bits per heavy atom. The second kappa shape index (κ2) is 5.58. The maximum Gasteiger partial charge on any atom is 0.446 e. The number of nitrogens with two attached hydrogens (primary N) is 1. The van der Waals surface area contributed by atoms with Gasteiger partial charge in [0, 0.05) is 22.1 Å². The van der Waals surface area contributed by atoms with Crippen molar-refractivity contribution in [2.45, 2.75) is 21.8 Å². The van der Waals surface area contributed by atoms with Crippen molar-refractivity contribution < 1.29 is 21.6 Å². The first-order valence-corrected chi connectivity index (χ1v) is 7.68. The van der Waals surface area contributed by atoms with Crippen molar-refractivity contribution in [2.24, 2.45) is 5.73 Å². The van der Waals surface area contributed by atoms with E-state index in [-0.39, 0.29) is 17.0 Å². The van der Waals surface area contributed by atoms with Crippen LogP contribution in [0.1, 0.15) is 11.1 Å². The highest BCUT2D eigenvalue weighted by atomic mass is 35.7. The number of benzene rings is 1. The number of hydrogen-bond donors (Lipinski definition) is 1. The predicted octanol–water partition coefficient (Wildman–Crippen LogP) is 2.56. The second-order valence-corrected chi connectivity index (χ2v) is 6.90. The summed E-state index contributed by atoms with van der Waals surface area (Å²) < 4.78 is 59.4. The number of rotatable bonds is 3. The van der Waals surface area contributed by atoms with Crippen molar-refractivity contribution in [1.29, 1.82) is 5.26 Å². The Labute approximate surface area is 115 Å². The summed E-state index contributed by atoms with van der Waals surface area (Å²) in [7, 11) is 0.879. The lowest BCUT2D eigenvalue weighted by atomic mass is 10.1. The van der Waals surface area contributed by atoms with E-state index < -0.39 is 36.8 Å². The van der Waals surface area contributed by atoms with Crippen LogP contribution in [0.3, 0.4) is 0 Å². The Balaban J connectivity index is 3.51. The molecular weight excluding hydrogens is 325 g/mol. The molecule has 0 saturated heterocycles. The highest BCUT2D eigenvalue weighted by Gasteiger charge is 2.31. The van der Waals surface area contributed by atoms with Crippen LogP contribution in [0.5, 0.6) is 0 Å². The third kappa shape index (κ3) is 4.28. The zero-order valence-corrected chi connectivity index (χ0v) is 11.4. The van der Waals surface area contributed by atoms with Gasteiger partial charge in [-0.2, -0.15) is 18.4 Å². The molecule has 19 heavy (non-hydrogen) atoms. The van der Waals surface area contributed by atoms with E-state index in [1.807, 2.05) is 0 Å². The van der Waals surface area contributed by atoms with Crippen molar-refractivity contribution in [3.63, 3.8) is 0 Å². The van der Waals surface area contributed by atoms with Gasteiger partial charge in [-0.25, -0.2) is 8.42 Å². The topological polar surface area (TPSA) is 83.9 Å². The van der Waals surface area contributed by atoms with Crippen LogP contribution < -0.4 is 5.73 Å². The summed E-state index contributed by atoms with van der Waals surface area (Å²) in [6.07, 6.45) is 0. The molecule has 0 aromatic heterocycles. The molecule has 0 aliphatic rings. The van der Waals surface area contributed by atoms with E-state index in [0.717, 1.165) is 12.1 Å². The quantitative estimate of drug-likeness (QED) is 0.680. The van der Waals surface area contributed by atoms with Crippen LogP contribution in [0.25, 0.3) is 0 Å².